The molecule has 0 unspecified atom stereocenters. The van der Waals surface area contributed by atoms with Crippen molar-refractivity contribution < 1.29 is 14.0 Å². The van der Waals surface area contributed by atoms with Gasteiger partial charge in [-0.15, -0.1) is 5.10 Å². The van der Waals surface area contributed by atoms with Crippen LogP contribution >= 0.6 is 0 Å². The van der Waals surface area contributed by atoms with Crippen LogP contribution in [0, 0.1) is 19.7 Å². The monoisotopic (exact) mass is 411 g/mol. The molecule has 1 aliphatic heterocycles. The van der Waals surface area contributed by atoms with Crippen molar-refractivity contribution in [1.29, 1.82) is 0 Å². The molecule has 2 amide bonds. The third-order valence-corrected chi connectivity index (χ3v) is 5.22. The van der Waals surface area contributed by atoms with Crippen LogP contribution in [0.15, 0.2) is 30.6 Å². The van der Waals surface area contributed by atoms with E-state index in [1.165, 1.54) is 22.0 Å². The Morgan fingerprint density at radius 1 is 1.30 bits per heavy atom. The summed E-state index contributed by atoms with van der Waals surface area (Å²) >= 11 is 0. The van der Waals surface area contributed by atoms with Crippen molar-refractivity contribution in [2.45, 2.75) is 39.4 Å². The van der Waals surface area contributed by atoms with Crippen LogP contribution in [0.5, 0.6) is 0 Å². The maximum absolute atomic E-state index is 13.8. The number of nitrogens with zero attached hydrogens (tertiary/aromatic N) is 6. The van der Waals surface area contributed by atoms with Gasteiger partial charge in [-0.2, -0.15) is 0 Å². The maximum atomic E-state index is 13.8. The lowest BCUT2D eigenvalue weighted by molar-refractivity contribution is -0.120. The largest absolute Gasteiger partial charge is 0.337 e. The number of imidazole rings is 1. The van der Waals surface area contributed by atoms with Gasteiger partial charge in [0.15, 0.2) is 0 Å². The highest BCUT2D eigenvalue weighted by molar-refractivity contribution is 6.01. The van der Waals surface area contributed by atoms with Gasteiger partial charge in [0.1, 0.15) is 29.8 Å². The Morgan fingerprint density at radius 2 is 2.07 bits per heavy atom. The fourth-order valence-corrected chi connectivity index (χ4v) is 3.75. The molecule has 4 rings (SSSR count). The lowest BCUT2D eigenvalue weighted by atomic mass is 10.2. The molecule has 9 nitrogen and oxygen atoms in total. The Labute approximate surface area is 172 Å². The average molecular weight is 411 g/mol. The van der Waals surface area contributed by atoms with E-state index in [0.29, 0.717) is 18.5 Å². The molecule has 0 radical (unpaired) electrons. The second kappa shape index (κ2) is 7.69. The number of nitrogens with one attached hydrogen (secondary N) is 1. The predicted molar refractivity (Wildman–Crippen MR) is 107 cm³/mol. The van der Waals surface area contributed by atoms with Gasteiger partial charge in [-0.25, -0.2) is 19.0 Å². The Morgan fingerprint density at radius 3 is 2.83 bits per heavy atom. The standard InChI is InChI=1S/C20H22FN7O2/c1-12-19-26(3)20(30)16(8-9-28(19)13(2)23-12)24-18(29)17-22-11-27(25-17)10-14-6-4-5-7-15(14)21/h4-7,11,16H,8-10H2,1-3H3,(H,24,29)/t16-/m1/s1. The minimum Gasteiger partial charge on any atom is -0.337 e. The van der Waals surface area contributed by atoms with Crippen LogP contribution in [0.1, 0.15) is 34.1 Å². The minimum absolute atomic E-state index is 0.0697. The summed E-state index contributed by atoms with van der Waals surface area (Å²) in [7, 11) is 1.67. The molecule has 1 N–H and O–H groups in total. The number of carbonyl (C=O) groups excluding carboxylic acids is 2. The fraction of sp³-hybridized carbons (Fsp3) is 0.350. The summed E-state index contributed by atoms with van der Waals surface area (Å²) in [5.41, 5.74) is 1.21. The number of anilines is 1. The van der Waals surface area contributed by atoms with Crippen LogP contribution in [0.2, 0.25) is 0 Å². The van der Waals surface area contributed by atoms with E-state index in [1.54, 1.807) is 25.2 Å². The van der Waals surface area contributed by atoms with Crippen molar-refractivity contribution in [3.63, 3.8) is 0 Å². The zero-order valence-corrected chi connectivity index (χ0v) is 17.0. The third-order valence-electron chi connectivity index (χ3n) is 5.22. The first-order valence-electron chi connectivity index (χ1n) is 9.60. The SMILES string of the molecule is Cc1nc(C)n2c1N(C)C(=O)[C@H](NC(=O)c1ncn(Cc3ccccc3F)n1)CC2. The summed E-state index contributed by atoms with van der Waals surface area (Å²) in [5, 5.41) is 6.86. The highest BCUT2D eigenvalue weighted by atomic mass is 19.1. The molecule has 2 aromatic heterocycles. The van der Waals surface area contributed by atoms with Crippen LogP contribution in [0.25, 0.3) is 0 Å². The van der Waals surface area contributed by atoms with Crippen molar-refractivity contribution in [2.75, 3.05) is 11.9 Å². The number of halogens is 1. The number of benzene rings is 1. The lowest BCUT2D eigenvalue weighted by Gasteiger charge is -2.20. The van der Waals surface area contributed by atoms with Crippen LogP contribution in [-0.2, 0) is 17.9 Å². The first-order chi connectivity index (χ1) is 14.3. The molecule has 30 heavy (non-hydrogen) atoms. The summed E-state index contributed by atoms with van der Waals surface area (Å²) in [5.74, 6) is 0.363. The molecular formula is C20H22FN7O2. The van der Waals surface area contributed by atoms with Crippen LogP contribution in [0.4, 0.5) is 10.2 Å². The number of fused-ring (bicyclic) bond motifs is 1. The van der Waals surface area contributed by atoms with Gasteiger partial charge >= 0.3 is 0 Å². The first-order valence-corrected chi connectivity index (χ1v) is 9.60. The topological polar surface area (TPSA) is 97.9 Å². The number of carbonyl (C=O) groups is 2. The van der Waals surface area contributed by atoms with Gasteiger partial charge in [0.2, 0.25) is 5.82 Å². The summed E-state index contributed by atoms with van der Waals surface area (Å²) in [6.45, 7) is 4.45. The normalized spacial score (nSPS) is 16.3. The zero-order chi connectivity index (χ0) is 21.4. The highest BCUT2D eigenvalue weighted by Gasteiger charge is 2.32. The predicted octanol–water partition coefficient (Wildman–Crippen LogP) is 1.44. The molecule has 3 heterocycles. The first kappa shape index (κ1) is 19.7. The Kier molecular flexibility index (Phi) is 5.06. The van der Waals surface area contributed by atoms with Gasteiger partial charge in [-0.05, 0) is 26.3 Å². The number of aryl methyl sites for hydroxylation is 2. The molecule has 1 aliphatic rings. The van der Waals surface area contributed by atoms with E-state index in [4.69, 9.17) is 0 Å². The summed E-state index contributed by atoms with van der Waals surface area (Å²) in [6, 6.07) is 5.63. The number of likely N-dealkylation sites (N-methyl/N-ethyl adjacent to an activating group) is 1. The van der Waals surface area contributed by atoms with Crippen molar-refractivity contribution in [3.8, 4) is 0 Å². The smallest absolute Gasteiger partial charge is 0.291 e. The average Bonchev–Trinajstić information content (AvgIpc) is 3.26. The van der Waals surface area contributed by atoms with Gasteiger partial charge in [-0.3, -0.25) is 14.5 Å². The number of rotatable bonds is 4. The van der Waals surface area contributed by atoms with Crippen molar-refractivity contribution in [3.05, 3.63) is 59.3 Å². The molecular weight excluding hydrogens is 389 g/mol. The van der Waals surface area contributed by atoms with Gasteiger partial charge < -0.3 is 9.88 Å². The zero-order valence-electron chi connectivity index (χ0n) is 17.0. The van der Waals surface area contributed by atoms with E-state index in [-0.39, 0.29) is 24.1 Å². The van der Waals surface area contributed by atoms with Gasteiger partial charge in [0.05, 0.1) is 12.2 Å². The maximum Gasteiger partial charge on any atom is 0.291 e. The Bertz CT molecular complexity index is 1120. The molecule has 1 aromatic carbocycles. The summed E-state index contributed by atoms with van der Waals surface area (Å²) in [6.07, 6.45) is 1.79. The van der Waals surface area contributed by atoms with Crippen LogP contribution in [-0.4, -0.2) is 49.2 Å². The van der Waals surface area contributed by atoms with Gasteiger partial charge in [-0.1, -0.05) is 18.2 Å². The fourth-order valence-electron chi connectivity index (χ4n) is 3.75. The van der Waals surface area contributed by atoms with E-state index in [9.17, 15) is 14.0 Å². The van der Waals surface area contributed by atoms with E-state index < -0.39 is 11.9 Å². The molecule has 0 fully saturated rings. The molecule has 3 aromatic rings. The van der Waals surface area contributed by atoms with E-state index in [2.05, 4.69) is 20.4 Å². The Balaban J connectivity index is 1.47. The van der Waals surface area contributed by atoms with Crippen molar-refractivity contribution in [2.24, 2.45) is 0 Å². The number of hydrogen-bond donors (Lipinski definition) is 1. The van der Waals surface area contributed by atoms with Gasteiger partial charge in [0, 0.05) is 19.2 Å². The second-order valence-corrected chi connectivity index (χ2v) is 7.29. The number of aromatic nitrogens is 5. The molecule has 0 aliphatic carbocycles. The van der Waals surface area contributed by atoms with Crippen LogP contribution in [0.3, 0.4) is 0 Å². The highest BCUT2D eigenvalue weighted by Crippen LogP contribution is 2.25. The molecule has 0 spiro atoms. The van der Waals surface area contributed by atoms with Gasteiger partial charge in [0.25, 0.3) is 11.8 Å². The Hall–Kier alpha value is -3.56. The third kappa shape index (κ3) is 3.56. The number of amides is 2. The molecule has 0 saturated heterocycles. The lowest BCUT2D eigenvalue weighted by Crippen LogP contribution is -2.47. The van der Waals surface area contributed by atoms with Crippen molar-refractivity contribution in [1.82, 2.24) is 29.6 Å². The molecule has 156 valence electrons. The molecule has 0 bridgehead atoms. The van der Waals surface area contributed by atoms with Crippen molar-refractivity contribution >= 4 is 17.6 Å². The molecule has 0 saturated carbocycles. The van der Waals surface area contributed by atoms with E-state index in [0.717, 1.165) is 17.3 Å². The minimum atomic E-state index is -0.709. The molecule has 10 heteroatoms. The summed E-state index contributed by atoms with van der Waals surface area (Å²) < 4.78 is 17.2. The second-order valence-electron chi connectivity index (χ2n) is 7.29. The molecule has 1 atom stereocenters. The summed E-state index contributed by atoms with van der Waals surface area (Å²) in [4.78, 5) is 35.5. The number of hydrogen-bond acceptors (Lipinski definition) is 5. The quantitative estimate of drug-likeness (QED) is 0.701. The van der Waals surface area contributed by atoms with E-state index >= 15 is 0 Å². The van der Waals surface area contributed by atoms with Crippen LogP contribution < -0.4 is 10.2 Å². The van der Waals surface area contributed by atoms with E-state index in [1.807, 2.05) is 18.4 Å².